The molecule has 1 amide bonds. The molecule has 1 aromatic carbocycles. The Kier molecular flexibility index (Phi) is 5.39. The topological polar surface area (TPSA) is 43.8 Å². The quantitative estimate of drug-likeness (QED) is 0.773. The second kappa shape index (κ2) is 6.81. The van der Waals surface area contributed by atoms with Gasteiger partial charge in [0.2, 0.25) is 0 Å². The lowest BCUT2D eigenvalue weighted by atomic mass is 10.1. The van der Waals surface area contributed by atoms with Gasteiger partial charge in [-0.1, -0.05) is 12.1 Å². The van der Waals surface area contributed by atoms with Crippen LogP contribution in [-0.2, 0) is 0 Å². The van der Waals surface area contributed by atoms with Crippen LogP contribution < -0.4 is 4.90 Å². The van der Waals surface area contributed by atoms with Crippen molar-refractivity contribution >= 4 is 11.6 Å². The van der Waals surface area contributed by atoms with Crippen LogP contribution in [0.3, 0.4) is 0 Å². The minimum absolute atomic E-state index is 0.0487. The number of rotatable bonds is 6. The van der Waals surface area contributed by atoms with E-state index in [1.807, 2.05) is 37.2 Å². The highest BCUT2D eigenvalue weighted by molar-refractivity contribution is 5.95. The molecule has 98 valence electrons. The Balaban J connectivity index is 2.93. The summed E-state index contributed by atoms with van der Waals surface area (Å²) in [7, 11) is 3.86. The van der Waals surface area contributed by atoms with Crippen molar-refractivity contribution in [2.45, 2.75) is 0 Å². The van der Waals surface area contributed by atoms with Gasteiger partial charge in [0.15, 0.2) is 0 Å². The molecule has 18 heavy (non-hydrogen) atoms. The molecule has 0 aliphatic carbocycles. The van der Waals surface area contributed by atoms with E-state index < -0.39 is 0 Å². The zero-order valence-corrected chi connectivity index (χ0v) is 11.0. The molecule has 0 aliphatic rings. The highest BCUT2D eigenvalue weighted by Gasteiger charge is 2.14. The third-order valence-corrected chi connectivity index (χ3v) is 2.62. The smallest absolute Gasteiger partial charge is 0.254 e. The predicted octanol–water partition coefficient (Wildman–Crippen LogP) is 1.37. The van der Waals surface area contributed by atoms with Gasteiger partial charge in [0.25, 0.3) is 5.91 Å². The molecule has 0 spiro atoms. The Bertz CT molecular complexity index is 416. The van der Waals surface area contributed by atoms with Gasteiger partial charge in [-0.25, -0.2) is 0 Å². The summed E-state index contributed by atoms with van der Waals surface area (Å²) < 4.78 is 0. The van der Waals surface area contributed by atoms with Crippen LogP contribution in [0.25, 0.3) is 0 Å². The first-order valence-corrected chi connectivity index (χ1v) is 5.88. The fourth-order valence-electron chi connectivity index (χ4n) is 1.65. The monoisotopic (exact) mass is 248 g/mol. The molecular weight excluding hydrogens is 228 g/mol. The Morgan fingerprint density at radius 3 is 2.72 bits per heavy atom. The molecule has 0 atom stereocenters. The summed E-state index contributed by atoms with van der Waals surface area (Å²) in [4.78, 5) is 15.8. The zero-order valence-electron chi connectivity index (χ0n) is 11.0. The first-order chi connectivity index (χ1) is 8.60. The van der Waals surface area contributed by atoms with Crippen molar-refractivity contribution in [1.29, 1.82) is 0 Å². The average molecular weight is 248 g/mol. The van der Waals surface area contributed by atoms with E-state index in [1.54, 1.807) is 17.0 Å². The van der Waals surface area contributed by atoms with E-state index in [1.165, 1.54) is 0 Å². The molecule has 0 saturated carbocycles. The first-order valence-electron chi connectivity index (χ1n) is 5.88. The number of carbonyl (C=O) groups is 1. The molecular formula is C14H20N2O2. The predicted molar refractivity (Wildman–Crippen MR) is 74.0 cm³/mol. The van der Waals surface area contributed by atoms with Gasteiger partial charge in [0.05, 0.1) is 6.61 Å². The van der Waals surface area contributed by atoms with Crippen LogP contribution in [-0.4, -0.2) is 49.7 Å². The zero-order chi connectivity index (χ0) is 13.5. The molecule has 0 fully saturated rings. The lowest BCUT2D eigenvalue weighted by Gasteiger charge is -2.21. The fraction of sp³-hybridized carbons (Fsp3) is 0.357. The molecule has 1 N–H and O–H groups in total. The van der Waals surface area contributed by atoms with Crippen LogP contribution in [0.15, 0.2) is 36.9 Å². The Morgan fingerprint density at radius 2 is 2.17 bits per heavy atom. The molecule has 0 heterocycles. The maximum Gasteiger partial charge on any atom is 0.254 e. The molecule has 0 aromatic heterocycles. The van der Waals surface area contributed by atoms with Crippen molar-refractivity contribution in [3.8, 4) is 0 Å². The van der Waals surface area contributed by atoms with E-state index in [4.69, 9.17) is 5.11 Å². The van der Waals surface area contributed by atoms with E-state index in [2.05, 4.69) is 6.58 Å². The highest BCUT2D eigenvalue weighted by Crippen LogP contribution is 2.15. The number of aliphatic hydroxyl groups excluding tert-OH is 1. The number of nitrogens with zero attached hydrogens (tertiary/aromatic N) is 2. The van der Waals surface area contributed by atoms with Crippen molar-refractivity contribution < 1.29 is 9.90 Å². The SMILES string of the molecule is C=CCN(CCO)C(=O)c1cccc(N(C)C)c1. The van der Waals surface area contributed by atoms with Crippen LogP contribution in [0.1, 0.15) is 10.4 Å². The van der Waals surface area contributed by atoms with Crippen molar-refractivity contribution in [3.63, 3.8) is 0 Å². The summed E-state index contributed by atoms with van der Waals surface area (Å²) >= 11 is 0. The van der Waals surface area contributed by atoms with E-state index in [0.717, 1.165) is 5.69 Å². The van der Waals surface area contributed by atoms with E-state index in [9.17, 15) is 4.79 Å². The number of amides is 1. The van der Waals surface area contributed by atoms with Gasteiger partial charge in [0.1, 0.15) is 0 Å². The largest absolute Gasteiger partial charge is 0.395 e. The number of benzene rings is 1. The maximum atomic E-state index is 12.2. The molecule has 0 saturated heterocycles. The van der Waals surface area contributed by atoms with Crippen molar-refractivity contribution in [2.24, 2.45) is 0 Å². The van der Waals surface area contributed by atoms with Crippen LogP contribution >= 0.6 is 0 Å². The van der Waals surface area contributed by atoms with E-state index >= 15 is 0 Å². The summed E-state index contributed by atoms with van der Waals surface area (Å²) in [5, 5.41) is 8.97. The molecule has 1 aromatic rings. The number of hydrogen-bond donors (Lipinski definition) is 1. The molecule has 0 radical (unpaired) electrons. The van der Waals surface area contributed by atoms with Crippen LogP contribution in [0.4, 0.5) is 5.69 Å². The first kappa shape index (κ1) is 14.3. The van der Waals surface area contributed by atoms with Crippen LogP contribution in [0, 0.1) is 0 Å². The second-order valence-electron chi connectivity index (χ2n) is 4.21. The van der Waals surface area contributed by atoms with Gasteiger partial charge >= 0.3 is 0 Å². The van der Waals surface area contributed by atoms with Crippen LogP contribution in [0.2, 0.25) is 0 Å². The number of aliphatic hydroxyl groups is 1. The maximum absolute atomic E-state index is 12.2. The van der Waals surface area contributed by atoms with Crippen molar-refractivity contribution in [3.05, 3.63) is 42.5 Å². The van der Waals surface area contributed by atoms with Gasteiger partial charge in [-0.05, 0) is 18.2 Å². The second-order valence-corrected chi connectivity index (χ2v) is 4.21. The Hall–Kier alpha value is -1.81. The lowest BCUT2D eigenvalue weighted by molar-refractivity contribution is 0.0743. The summed E-state index contributed by atoms with van der Waals surface area (Å²) in [5.41, 5.74) is 1.60. The summed E-state index contributed by atoms with van der Waals surface area (Å²) in [6, 6.07) is 7.42. The molecule has 4 nitrogen and oxygen atoms in total. The normalized spacial score (nSPS) is 9.94. The summed E-state index contributed by atoms with van der Waals surface area (Å²) in [6.45, 7) is 4.32. The molecule has 4 heteroatoms. The number of anilines is 1. The summed E-state index contributed by atoms with van der Waals surface area (Å²) in [6.07, 6.45) is 1.66. The highest BCUT2D eigenvalue weighted by atomic mass is 16.3. The molecule has 0 aliphatic heterocycles. The van der Waals surface area contributed by atoms with Gasteiger partial charge in [-0.3, -0.25) is 4.79 Å². The number of carbonyl (C=O) groups excluding carboxylic acids is 1. The van der Waals surface area contributed by atoms with Gasteiger partial charge in [-0.2, -0.15) is 0 Å². The van der Waals surface area contributed by atoms with Crippen molar-refractivity contribution in [2.75, 3.05) is 38.7 Å². The molecule has 0 bridgehead atoms. The van der Waals surface area contributed by atoms with E-state index in [-0.39, 0.29) is 12.5 Å². The molecule has 1 rings (SSSR count). The number of hydrogen-bond acceptors (Lipinski definition) is 3. The van der Waals surface area contributed by atoms with Gasteiger partial charge < -0.3 is 14.9 Å². The average Bonchev–Trinajstić information content (AvgIpc) is 2.38. The molecule has 0 unspecified atom stereocenters. The Labute approximate surface area is 108 Å². The van der Waals surface area contributed by atoms with E-state index in [0.29, 0.717) is 18.7 Å². The third-order valence-electron chi connectivity index (χ3n) is 2.62. The third kappa shape index (κ3) is 3.60. The standard InChI is InChI=1S/C14H20N2O2/c1-4-8-16(9-10-17)14(18)12-6-5-7-13(11-12)15(2)3/h4-7,11,17H,1,8-10H2,2-3H3. The summed E-state index contributed by atoms with van der Waals surface area (Å²) in [5.74, 6) is -0.0901. The minimum Gasteiger partial charge on any atom is -0.395 e. The van der Waals surface area contributed by atoms with Gasteiger partial charge in [-0.15, -0.1) is 6.58 Å². The van der Waals surface area contributed by atoms with Gasteiger partial charge in [0, 0.05) is 38.4 Å². The minimum atomic E-state index is -0.0901. The Morgan fingerprint density at radius 1 is 1.44 bits per heavy atom. The van der Waals surface area contributed by atoms with Crippen molar-refractivity contribution in [1.82, 2.24) is 4.90 Å². The fourth-order valence-corrected chi connectivity index (χ4v) is 1.65. The lowest BCUT2D eigenvalue weighted by Crippen LogP contribution is -2.33. The van der Waals surface area contributed by atoms with Crippen LogP contribution in [0.5, 0.6) is 0 Å².